The van der Waals surface area contributed by atoms with Gasteiger partial charge in [-0.15, -0.1) is 0 Å². The predicted molar refractivity (Wildman–Crippen MR) is 167 cm³/mol. The fourth-order valence-corrected chi connectivity index (χ4v) is 4.92. The molecule has 13 heteroatoms. The molecule has 7 N–H and O–H groups in total. The Morgan fingerprint density at radius 3 is 2.29 bits per heavy atom. The van der Waals surface area contributed by atoms with Crippen LogP contribution in [0.5, 0.6) is 0 Å². The van der Waals surface area contributed by atoms with E-state index in [1.165, 1.54) is 13.0 Å². The lowest BCUT2D eigenvalue weighted by Crippen LogP contribution is -2.64. The second-order valence-electron chi connectivity index (χ2n) is 11.1. The van der Waals surface area contributed by atoms with E-state index in [2.05, 4.69) is 27.8 Å². The number of aliphatic hydroxyl groups excluding tert-OH is 3. The van der Waals surface area contributed by atoms with Crippen molar-refractivity contribution in [3.63, 3.8) is 0 Å². The third-order valence-corrected chi connectivity index (χ3v) is 7.40. The first kappa shape index (κ1) is 37.8. The molecule has 1 fully saturated rings. The molecule has 0 aliphatic carbocycles. The number of aliphatic hydroxyl groups is 3. The Labute approximate surface area is 265 Å². The minimum atomic E-state index is -1.36. The lowest BCUT2D eigenvalue weighted by molar-refractivity contribution is -0.270. The van der Waals surface area contributed by atoms with E-state index >= 15 is 0 Å². The van der Waals surface area contributed by atoms with Crippen LogP contribution in [0.25, 0.3) is 0 Å². The molecule has 0 spiro atoms. The summed E-state index contributed by atoms with van der Waals surface area (Å²) in [7, 11) is 0. The third-order valence-electron chi connectivity index (χ3n) is 7.40. The largest absolute Gasteiger partial charge is 0.394 e. The molecular weight excluding hydrogens is 584 g/mol. The zero-order valence-corrected chi connectivity index (χ0v) is 26.1. The smallest absolute Gasteiger partial charge is 0.243 e. The molecule has 2 unspecified atom stereocenters. The van der Waals surface area contributed by atoms with Gasteiger partial charge in [-0.3, -0.25) is 19.2 Å². The number of carbonyl (C=O) groups excluding carboxylic acids is 4. The van der Waals surface area contributed by atoms with Crippen LogP contribution in [0.1, 0.15) is 63.9 Å². The molecule has 1 aromatic rings. The lowest BCUT2D eigenvalue weighted by atomic mass is 9.97. The van der Waals surface area contributed by atoms with Gasteiger partial charge in [0.1, 0.15) is 30.4 Å². The maximum Gasteiger partial charge on any atom is 0.243 e. The van der Waals surface area contributed by atoms with E-state index in [0.29, 0.717) is 38.8 Å². The number of unbranched alkanes of at least 4 members (excludes halogenated alkanes) is 5. The van der Waals surface area contributed by atoms with E-state index in [4.69, 9.17) is 9.47 Å². The number of carbonyl (C=O) groups is 4. The Hall–Kier alpha value is -3.36. The average molecular weight is 635 g/mol. The highest BCUT2D eigenvalue weighted by atomic mass is 16.7. The molecule has 0 radical (unpaired) electrons. The van der Waals surface area contributed by atoms with Crippen molar-refractivity contribution in [2.45, 2.75) is 101 Å². The van der Waals surface area contributed by atoms with Crippen LogP contribution in [-0.4, -0.2) is 102 Å². The maximum absolute atomic E-state index is 13.0. The molecule has 45 heavy (non-hydrogen) atoms. The number of nitrogens with one attached hydrogen (secondary N) is 4. The molecule has 0 aromatic heterocycles. The third kappa shape index (κ3) is 14.5. The number of benzene rings is 1. The summed E-state index contributed by atoms with van der Waals surface area (Å²) >= 11 is 0. The first-order valence-electron chi connectivity index (χ1n) is 15.7. The Morgan fingerprint density at radius 2 is 1.62 bits per heavy atom. The maximum atomic E-state index is 13.0. The Balaban J connectivity index is 1.71. The molecule has 13 nitrogen and oxygen atoms in total. The zero-order chi connectivity index (χ0) is 33.0. The van der Waals surface area contributed by atoms with Gasteiger partial charge < -0.3 is 46.1 Å². The van der Waals surface area contributed by atoms with Gasteiger partial charge in [-0.1, -0.05) is 56.2 Å². The quantitative estimate of drug-likeness (QED) is 0.0731. The molecule has 1 saturated heterocycles. The van der Waals surface area contributed by atoms with Crippen LogP contribution in [0.4, 0.5) is 0 Å². The van der Waals surface area contributed by atoms with Crippen molar-refractivity contribution < 1.29 is 44.0 Å². The normalized spacial score (nSPS) is 21.7. The first-order chi connectivity index (χ1) is 21.7. The standard InChI is InChI=1S/C32H50N4O9/c1-3-26(39)33-17-12-7-10-16-27(40)36-24(20-23-14-8-6-9-15-23)31(43)34-18-11-4-5-13-19-44-32-28(35-22(2)38)30(42)29(41)25(21-37)45-32/h3,6,8-9,14-15,24-25,28-30,32,37,41-42H,1,4-5,7,10-13,16-21H2,2H3,(H,33,39)(H,34,43)(H,35,38)(H,36,40)/t24-,25?,28?,29-,30+,32+/m0/s1. The Kier molecular flexibility index (Phi) is 18.0. The molecule has 1 aromatic carbocycles. The van der Waals surface area contributed by atoms with E-state index in [-0.39, 0.29) is 30.7 Å². The van der Waals surface area contributed by atoms with Gasteiger partial charge in [-0.05, 0) is 37.3 Å². The minimum absolute atomic E-state index is 0.198. The topological polar surface area (TPSA) is 196 Å². The van der Waals surface area contributed by atoms with Crippen molar-refractivity contribution in [1.29, 1.82) is 0 Å². The molecule has 1 aliphatic rings. The number of hydrogen-bond donors (Lipinski definition) is 7. The van der Waals surface area contributed by atoms with Gasteiger partial charge in [-0.2, -0.15) is 0 Å². The van der Waals surface area contributed by atoms with E-state index < -0.39 is 49.2 Å². The molecule has 6 atom stereocenters. The number of amides is 4. The van der Waals surface area contributed by atoms with Crippen molar-refractivity contribution in [2.75, 3.05) is 26.3 Å². The van der Waals surface area contributed by atoms with Crippen LogP contribution in [0.3, 0.4) is 0 Å². The molecule has 0 saturated carbocycles. The molecule has 252 valence electrons. The first-order valence-corrected chi connectivity index (χ1v) is 15.7. The van der Waals surface area contributed by atoms with Crippen molar-refractivity contribution in [3.05, 3.63) is 48.6 Å². The van der Waals surface area contributed by atoms with Crippen LogP contribution < -0.4 is 21.3 Å². The summed E-state index contributed by atoms with van der Waals surface area (Å²) in [6.45, 7) is 5.41. The summed E-state index contributed by atoms with van der Waals surface area (Å²) in [4.78, 5) is 48.4. The van der Waals surface area contributed by atoms with Gasteiger partial charge in [0.05, 0.1) is 6.61 Å². The summed E-state index contributed by atoms with van der Waals surface area (Å²) in [6, 6.07) is 7.81. The van der Waals surface area contributed by atoms with Gasteiger partial charge >= 0.3 is 0 Å². The van der Waals surface area contributed by atoms with Crippen molar-refractivity contribution in [1.82, 2.24) is 21.3 Å². The molecular formula is C32H50N4O9. The fourth-order valence-electron chi connectivity index (χ4n) is 4.92. The zero-order valence-electron chi connectivity index (χ0n) is 26.1. The molecule has 0 bridgehead atoms. The van der Waals surface area contributed by atoms with E-state index in [1.54, 1.807) is 0 Å². The van der Waals surface area contributed by atoms with Crippen LogP contribution in [0.2, 0.25) is 0 Å². The number of ether oxygens (including phenoxy) is 2. The average Bonchev–Trinajstić information content (AvgIpc) is 3.02. The Bertz CT molecular complexity index is 1060. The summed E-state index contributed by atoms with van der Waals surface area (Å²) in [6.07, 6.45) is 2.20. The van der Waals surface area contributed by atoms with Gasteiger partial charge in [-0.25, -0.2) is 0 Å². The summed E-state index contributed by atoms with van der Waals surface area (Å²) < 4.78 is 11.3. The monoisotopic (exact) mass is 634 g/mol. The van der Waals surface area contributed by atoms with Gasteiger partial charge in [0.15, 0.2) is 6.29 Å². The van der Waals surface area contributed by atoms with Gasteiger partial charge in [0.25, 0.3) is 0 Å². The van der Waals surface area contributed by atoms with Crippen LogP contribution in [0, 0.1) is 0 Å². The predicted octanol–water partition coefficient (Wildman–Crippen LogP) is 0.213. The van der Waals surface area contributed by atoms with Gasteiger partial charge in [0, 0.05) is 39.5 Å². The minimum Gasteiger partial charge on any atom is -0.394 e. The second-order valence-corrected chi connectivity index (χ2v) is 11.1. The molecule has 1 aliphatic heterocycles. The molecule has 4 amide bonds. The second kappa shape index (κ2) is 21.4. The van der Waals surface area contributed by atoms with Crippen LogP contribution in [-0.2, 0) is 35.1 Å². The number of rotatable bonds is 21. The van der Waals surface area contributed by atoms with Crippen LogP contribution >= 0.6 is 0 Å². The summed E-state index contributed by atoms with van der Waals surface area (Å²) in [5.74, 6) is -1.08. The SMILES string of the molecule is C=CC(=O)NCCCCCC(=O)N[C@@H](Cc1ccccc1)C(=O)NCCCCCCO[C@@H]1OC(CO)[C@H](O)[C@H](O)C1NC(C)=O. The van der Waals surface area contributed by atoms with Crippen LogP contribution in [0.15, 0.2) is 43.0 Å². The highest BCUT2D eigenvalue weighted by Crippen LogP contribution is 2.22. The fraction of sp³-hybridized carbons (Fsp3) is 0.625. The van der Waals surface area contributed by atoms with E-state index in [0.717, 1.165) is 31.2 Å². The number of hydrogen-bond acceptors (Lipinski definition) is 9. The van der Waals surface area contributed by atoms with Crippen molar-refractivity contribution >= 4 is 23.6 Å². The lowest BCUT2D eigenvalue weighted by Gasteiger charge is -2.42. The highest BCUT2D eigenvalue weighted by Gasteiger charge is 2.45. The van der Waals surface area contributed by atoms with E-state index in [9.17, 15) is 34.5 Å². The summed E-state index contributed by atoms with van der Waals surface area (Å²) in [5.41, 5.74) is 0.936. The summed E-state index contributed by atoms with van der Waals surface area (Å²) in [5, 5.41) is 40.9. The Morgan fingerprint density at radius 1 is 0.956 bits per heavy atom. The van der Waals surface area contributed by atoms with Crippen molar-refractivity contribution in [2.24, 2.45) is 0 Å². The highest BCUT2D eigenvalue weighted by molar-refractivity contribution is 5.88. The van der Waals surface area contributed by atoms with Gasteiger partial charge in [0.2, 0.25) is 23.6 Å². The molecule has 1 heterocycles. The van der Waals surface area contributed by atoms with Crippen molar-refractivity contribution in [3.8, 4) is 0 Å². The van der Waals surface area contributed by atoms with E-state index in [1.807, 2.05) is 30.3 Å². The molecule has 2 rings (SSSR count).